The molecule has 0 amide bonds. The van der Waals surface area contributed by atoms with Crippen LogP contribution in [0, 0.1) is 6.92 Å². The van der Waals surface area contributed by atoms with Gasteiger partial charge < -0.3 is 9.09 Å². The molecule has 24 heavy (non-hydrogen) atoms. The molecule has 118 valence electrons. The summed E-state index contributed by atoms with van der Waals surface area (Å²) in [6, 6.07) is 11.8. The molecule has 6 nitrogen and oxygen atoms in total. The highest BCUT2D eigenvalue weighted by atomic mass is 16.5. The Balaban J connectivity index is 1.63. The first-order valence-corrected chi connectivity index (χ1v) is 7.61. The first kappa shape index (κ1) is 14.3. The molecule has 1 aromatic carbocycles. The number of hydrogen-bond acceptors (Lipinski definition) is 5. The van der Waals surface area contributed by atoms with Crippen LogP contribution in [0.3, 0.4) is 0 Å². The number of nitrogens with zero attached hydrogens (tertiary/aromatic N) is 5. The van der Waals surface area contributed by atoms with E-state index in [1.165, 1.54) is 0 Å². The third-order valence-corrected chi connectivity index (χ3v) is 3.68. The molecular formula is C18H15N5O. The van der Waals surface area contributed by atoms with Gasteiger partial charge in [-0.15, -0.1) is 0 Å². The van der Waals surface area contributed by atoms with Crippen molar-refractivity contribution < 1.29 is 4.52 Å². The van der Waals surface area contributed by atoms with Gasteiger partial charge in [0.05, 0.1) is 24.1 Å². The maximum Gasteiger partial charge on any atom is 0.202 e. The number of benzene rings is 1. The Bertz CT molecular complexity index is 941. The molecule has 0 aliphatic rings. The van der Waals surface area contributed by atoms with Crippen molar-refractivity contribution in [2.75, 3.05) is 0 Å². The van der Waals surface area contributed by atoms with E-state index in [4.69, 9.17) is 4.52 Å². The summed E-state index contributed by atoms with van der Waals surface area (Å²) in [5, 5.41) is 4.15. The van der Waals surface area contributed by atoms with Crippen LogP contribution in [0.2, 0.25) is 0 Å². The third-order valence-electron chi connectivity index (χ3n) is 3.68. The van der Waals surface area contributed by atoms with Crippen molar-refractivity contribution in [3.05, 3.63) is 72.6 Å². The van der Waals surface area contributed by atoms with Crippen LogP contribution in [0.15, 0.2) is 65.7 Å². The normalized spacial score (nSPS) is 10.9. The minimum absolute atomic E-state index is 0.573. The van der Waals surface area contributed by atoms with Crippen LogP contribution >= 0.6 is 0 Å². The van der Waals surface area contributed by atoms with Crippen molar-refractivity contribution >= 4 is 0 Å². The largest absolute Gasteiger partial charge is 0.352 e. The Hall–Kier alpha value is -3.28. The molecule has 0 atom stereocenters. The van der Waals surface area contributed by atoms with Crippen molar-refractivity contribution in [2.24, 2.45) is 0 Å². The lowest BCUT2D eigenvalue weighted by molar-refractivity contribution is 0.430. The summed E-state index contributed by atoms with van der Waals surface area (Å²) in [4.78, 5) is 13.0. The number of rotatable bonds is 4. The van der Waals surface area contributed by atoms with E-state index in [0.29, 0.717) is 18.1 Å². The molecule has 4 rings (SSSR count). The highest BCUT2D eigenvalue weighted by Crippen LogP contribution is 2.25. The van der Waals surface area contributed by atoms with Gasteiger partial charge in [0.2, 0.25) is 5.76 Å². The molecule has 4 aromatic rings. The fourth-order valence-electron chi connectivity index (χ4n) is 2.46. The summed E-state index contributed by atoms with van der Waals surface area (Å²) in [6.45, 7) is 2.49. The van der Waals surface area contributed by atoms with Gasteiger partial charge in [-0.05, 0) is 6.92 Å². The van der Waals surface area contributed by atoms with Crippen molar-refractivity contribution in [3.63, 3.8) is 0 Å². The molecule has 0 saturated carbocycles. The first-order chi connectivity index (χ1) is 11.8. The second kappa shape index (κ2) is 6.08. The summed E-state index contributed by atoms with van der Waals surface area (Å²) in [5.41, 5.74) is 3.56. The van der Waals surface area contributed by atoms with Crippen LogP contribution < -0.4 is 0 Å². The second-order valence-electron chi connectivity index (χ2n) is 5.47. The molecule has 0 N–H and O–H groups in total. The molecule has 0 bridgehead atoms. The molecule has 0 aliphatic heterocycles. The third kappa shape index (κ3) is 2.81. The number of imidazole rings is 1. The van der Waals surface area contributed by atoms with E-state index in [0.717, 1.165) is 22.6 Å². The Morgan fingerprint density at radius 3 is 2.71 bits per heavy atom. The van der Waals surface area contributed by atoms with Crippen molar-refractivity contribution in [2.45, 2.75) is 13.5 Å². The van der Waals surface area contributed by atoms with Crippen molar-refractivity contribution in [3.8, 4) is 22.8 Å². The summed E-state index contributed by atoms with van der Waals surface area (Å²) in [6.07, 6.45) is 7.16. The molecule has 0 aliphatic carbocycles. The maximum atomic E-state index is 5.49. The highest BCUT2D eigenvalue weighted by Gasteiger charge is 2.14. The molecule has 0 spiro atoms. The Morgan fingerprint density at radius 2 is 1.92 bits per heavy atom. The predicted octanol–water partition coefficient (Wildman–Crippen LogP) is 3.35. The van der Waals surface area contributed by atoms with Crippen LogP contribution in [0.25, 0.3) is 22.8 Å². The van der Waals surface area contributed by atoms with E-state index in [-0.39, 0.29) is 0 Å². The van der Waals surface area contributed by atoms with Gasteiger partial charge in [-0.25, -0.2) is 4.98 Å². The van der Waals surface area contributed by atoms with Crippen LogP contribution in [0.4, 0.5) is 0 Å². The average Bonchev–Trinajstić information content (AvgIpc) is 3.27. The lowest BCUT2D eigenvalue weighted by Gasteiger charge is -2.04. The Kier molecular flexibility index (Phi) is 3.63. The summed E-state index contributed by atoms with van der Waals surface area (Å²) < 4.78 is 7.46. The monoisotopic (exact) mass is 317 g/mol. The standard InChI is InChI=1S/C18H15N5O/c1-13-10-21-15(11-20-13)12-23-8-7-19-18(23)17-9-16(22-24-17)14-5-3-2-4-6-14/h2-11H,12H2,1H3. The molecule has 0 fully saturated rings. The van der Waals surface area contributed by atoms with E-state index in [1.54, 1.807) is 18.6 Å². The summed E-state index contributed by atoms with van der Waals surface area (Å²) >= 11 is 0. The van der Waals surface area contributed by atoms with E-state index in [1.807, 2.05) is 54.1 Å². The van der Waals surface area contributed by atoms with Gasteiger partial charge in [0.15, 0.2) is 5.82 Å². The lowest BCUT2D eigenvalue weighted by atomic mass is 10.1. The molecule has 0 saturated heterocycles. The average molecular weight is 317 g/mol. The topological polar surface area (TPSA) is 69.6 Å². The smallest absolute Gasteiger partial charge is 0.202 e. The van der Waals surface area contributed by atoms with Crippen LogP contribution in [0.5, 0.6) is 0 Å². The molecule has 6 heteroatoms. The maximum absolute atomic E-state index is 5.49. The van der Waals surface area contributed by atoms with Gasteiger partial charge in [0, 0.05) is 30.2 Å². The van der Waals surface area contributed by atoms with E-state index in [9.17, 15) is 0 Å². The van der Waals surface area contributed by atoms with Gasteiger partial charge >= 0.3 is 0 Å². The van der Waals surface area contributed by atoms with Gasteiger partial charge in [0.25, 0.3) is 0 Å². The summed E-state index contributed by atoms with van der Waals surface area (Å²) in [5.74, 6) is 1.34. The quantitative estimate of drug-likeness (QED) is 0.577. The van der Waals surface area contributed by atoms with Gasteiger partial charge in [0.1, 0.15) is 5.69 Å². The Morgan fingerprint density at radius 1 is 1.04 bits per heavy atom. The van der Waals surface area contributed by atoms with Crippen LogP contribution in [-0.2, 0) is 6.54 Å². The second-order valence-corrected chi connectivity index (χ2v) is 5.47. The zero-order valence-electron chi connectivity index (χ0n) is 13.1. The molecule has 3 heterocycles. The minimum Gasteiger partial charge on any atom is -0.352 e. The van der Waals surface area contributed by atoms with E-state index >= 15 is 0 Å². The highest BCUT2D eigenvalue weighted by molar-refractivity contribution is 5.63. The zero-order chi connectivity index (χ0) is 16.4. The number of aromatic nitrogens is 5. The van der Waals surface area contributed by atoms with Gasteiger partial charge in [-0.1, -0.05) is 35.5 Å². The van der Waals surface area contributed by atoms with Gasteiger partial charge in [-0.3, -0.25) is 9.97 Å². The minimum atomic E-state index is 0.573. The molecule has 0 radical (unpaired) electrons. The van der Waals surface area contributed by atoms with Crippen molar-refractivity contribution in [1.82, 2.24) is 24.7 Å². The van der Waals surface area contributed by atoms with E-state index < -0.39 is 0 Å². The molecular weight excluding hydrogens is 302 g/mol. The molecule has 0 unspecified atom stereocenters. The SMILES string of the molecule is Cc1cnc(Cn2ccnc2-c2cc(-c3ccccc3)no2)cn1. The summed E-state index contributed by atoms with van der Waals surface area (Å²) in [7, 11) is 0. The molecule has 3 aromatic heterocycles. The fourth-order valence-corrected chi connectivity index (χ4v) is 2.46. The fraction of sp³-hybridized carbons (Fsp3) is 0.111. The van der Waals surface area contributed by atoms with E-state index in [2.05, 4.69) is 20.1 Å². The predicted molar refractivity (Wildman–Crippen MR) is 89.0 cm³/mol. The van der Waals surface area contributed by atoms with Crippen LogP contribution in [0.1, 0.15) is 11.4 Å². The van der Waals surface area contributed by atoms with Crippen molar-refractivity contribution in [1.29, 1.82) is 0 Å². The van der Waals surface area contributed by atoms with Crippen LogP contribution in [-0.4, -0.2) is 24.7 Å². The number of aryl methyl sites for hydroxylation is 1. The zero-order valence-corrected chi connectivity index (χ0v) is 13.1. The van der Waals surface area contributed by atoms with Gasteiger partial charge in [-0.2, -0.15) is 0 Å². The first-order valence-electron chi connectivity index (χ1n) is 7.61. The Labute approximate surface area is 138 Å². The number of hydrogen-bond donors (Lipinski definition) is 0. The lowest BCUT2D eigenvalue weighted by Crippen LogP contribution is -2.03.